The predicted octanol–water partition coefficient (Wildman–Crippen LogP) is 2.06. The summed E-state index contributed by atoms with van der Waals surface area (Å²) < 4.78 is 3.32. The van der Waals surface area contributed by atoms with Gasteiger partial charge in [-0.05, 0) is 19.1 Å². The van der Waals surface area contributed by atoms with Crippen LogP contribution in [-0.4, -0.2) is 21.5 Å². The van der Waals surface area contributed by atoms with Gasteiger partial charge in [-0.1, -0.05) is 32.9 Å². The van der Waals surface area contributed by atoms with Crippen LogP contribution in [0.4, 0.5) is 0 Å². The van der Waals surface area contributed by atoms with Crippen LogP contribution < -0.4 is 0 Å². The van der Waals surface area contributed by atoms with E-state index in [0.717, 1.165) is 12.1 Å². The van der Waals surface area contributed by atoms with E-state index in [9.17, 15) is 4.79 Å². The van der Waals surface area contributed by atoms with Crippen molar-refractivity contribution in [3.63, 3.8) is 0 Å². The second kappa shape index (κ2) is 3.57. The lowest BCUT2D eigenvalue weighted by atomic mass is 10.2. The van der Waals surface area contributed by atoms with E-state index in [4.69, 9.17) is 0 Å². The molecule has 0 radical (unpaired) electrons. The topological polar surface area (TPSA) is 20.3 Å². The molecule has 0 aromatic heterocycles. The maximum absolute atomic E-state index is 11.8. The fourth-order valence-corrected chi connectivity index (χ4v) is 3.70. The molecule has 0 N–H and O–H groups in total. The van der Waals surface area contributed by atoms with Crippen LogP contribution >= 0.6 is 20.7 Å². The molecule has 3 heteroatoms. The zero-order valence-electron chi connectivity index (χ0n) is 7.33. The third kappa shape index (κ3) is 1.52. The molecule has 2 rings (SSSR count). The number of amides is 1. The van der Waals surface area contributed by atoms with Gasteiger partial charge in [-0.15, -0.1) is 0 Å². The Hall–Kier alpha value is -0.710. The van der Waals surface area contributed by atoms with Gasteiger partial charge in [0.15, 0.2) is 0 Å². The third-order valence-electron chi connectivity index (χ3n) is 1.99. The first-order valence-electron chi connectivity index (χ1n) is 4.19. The largest absolute Gasteiger partial charge is 0.310 e. The minimum absolute atomic E-state index is 0.0987. The summed E-state index contributed by atoms with van der Waals surface area (Å²) in [6.07, 6.45) is 0. The molecule has 0 spiro atoms. The molecule has 0 fully saturated rings. The van der Waals surface area contributed by atoms with Crippen LogP contribution in [0.15, 0.2) is 24.3 Å². The molecule has 0 saturated heterocycles. The summed E-state index contributed by atoms with van der Waals surface area (Å²) >= 11 is -0.0987. The highest BCUT2D eigenvalue weighted by Crippen LogP contribution is 2.22. The summed E-state index contributed by atoms with van der Waals surface area (Å²) in [6, 6.07) is 7.91. The SMILES string of the molecule is CCN1C=Ic2ccccc2C1=O. The van der Waals surface area contributed by atoms with E-state index < -0.39 is 0 Å². The highest BCUT2D eigenvalue weighted by Gasteiger charge is 2.18. The first kappa shape index (κ1) is 8.87. The van der Waals surface area contributed by atoms with E-state index >= 15 is 0 Å². The number of benzene rings is 1. The Morgan fingerprint density at radius 2 is 2.15 bits per heavy atom. The molecule has 68 valence electrons. The molecule has 0 unspecified atom stereocenters. The van der Waals surface area contributed by atoms with Gasteiger partial charge in [-0.2, -0.15) is 0 Å². The monoisotopic (exact) mass is 287 g/mol. The molecule has 0 bridgehead atoms. The number of nitrogens with zero attached hydrogens (tertiary/aromatic N) is 1. The smallest absolute Gasteiger partial charge is 0.259 e. The first-order chi connectivity index (χ1) is 6.33. The van der Waals surface area contributed by atoms with Gasteiger partial charge in [0.2, 0.25) is 0 Å². The molecule has 0 aliphatic carbocycles. The zero-order chi connectivity index (χ0) is 9.26. The molecular weight excluding hydrogens is 277 g/mol. The Morgan fingerprint density at radius 3 is 2.92 bits per heavy atom. The van der Waals surface area contributed by atoms with Crippen molar-refractivity contribution in [2.75, 3.05) is 6.54 Å². The number of halogens is 1. The highest BCUT2D eigenvalue weighted by molar-refractivity contribution is 14.2. The number of rotatable bonds is 1. The molecule has 1 aliphatic rings. The third-order valence-corrected chi connectivity index (χ3v) is 4.55. The van der Waals surface area contributed by atoms with Gasteiger partial charge in [-0.3, -0.25) is 4.79 Å². The Kier molecular flexibility index (Phi) is 2.44. The van der Waals surface area contributed by atoms with Gasteiger partial charge in [0.05, 0.1) is 5.56 Å². The van der Waals surface area contributed by atoms with E-state index in [2.05, 4.69) is 10.2 Å². The van der Waals surface area contributed by atoms with Gasteiger partial charge in [0, 0.05) is 14.3 Å². The van der Waals surface area contributed by atoms with Crippen LogP contribution in [0, 0.1) is 3.57 Å². The average Bonchev–Trinajstić information content (AvgIpc) is 2.19. The van der Waals surface area contributed by atoms with Crippen molar-refractivity contribution in [2.24, 2.45) is 0 Å². The maximum Gasteiger partial charge on any atom is 0.259 e. The average molecular weight is 287 g/mol. The van der Waals surface area contributed by atoms with Gasteiger partial charge >= 0.3 is 0 Å². The fourth-order valence-electron chi connectivity index (χ4n) is 1.25. The van der Waals surface area contributed by atoms with Crippen molar-refractivity contribution in [1.82, 2.24) is 4.90 Å². The molecule has 1 amide bonds. The Labute approximate surface area is 87.3 Å². The Morgan fingerprint density at radius 1 is 1.38 bits per heavy atom. The van der Waals surface area contributed by atoms with Gasteiger partial charge in [-0.25, -0.2) is 0 Å². The highest BCUT2D eigenvalue weighted by atomic mass is 127. The molecule has 2 nitrogen and oxygen atoms in total. The summed E-state index contributed by atoms with van der Waals surface area (Å²) in [5, 5.41) is 0. The molecule has 1 aliphatic heterocycles. The van der Waals surface area contributed by atoms with Crippen LogP contribution in [0.25, 0.3) is 0 Å². The molecule has 0 atom stereocenters. The van der Waals surface area contributed by atoms with E-state index in [-0.39, 0.29) is 26.6 Å². The standard InChI is InChI=1S/C10H10INO/c1-2-12-7-11-9-6-4-3-5-8(9)10(12)13/h3-7H,2H2,1H3. The van der Waals surface area contributed by atoms with Crippen molar-refractivity contribution in [3.05, 3.63) is 33.4 Å². The predicted molar refractivity (Wildman–Crippen MR) is 61.9 cm³/mol. The number of carbonyl (C=O) groups is 1. The quantitative estimate of drug-likeness (QED) is 0.724. The summed E-state index contributed by atoms with van der Waals surface area (Å²) in [5.74, 6) is 0.157. The van der Waals surface area contributed by atoms with Crippen LogP contribution in [0.5, 0.6) is 0 Å². The van der Waals surface area contributed by atoms with Crippen LogP contribution in [0.2, 0.25) is 0 Å². The maximum atomic E-state index is 11.8. The first-order valence-corrected chi connectivity index (χ1v) is 6.52. The minimum atomic E-state index is -0.0987. The van der Waals surface area contributed by atoms with Crippen LogP contribution in [-0.2, 0) is 0 Å². The lowest BCUT2D eigenvalue weighted by Gasteiger charge is -2.20. The molecule has 13 heavy (non-hydrogen) atoms. The number of fused-ring (bicyclic) bond motifs is 1. The van der Waals surface area contributed by atoms with E-state index in [0.29, 0.717) is 0 Å². The second-order valence-electron chi connectivity index (χ2n) is 2.78. The summed E-state index contributed by atoms with van der Waals surface area (Å²) in [7, 11) is 0. The number of hydrogen-bond acceptors (Lipinski definition) is 1. The molecule has 1 heterocycles. The lowest BCUT2D eigenvalue weighted by Crippen LogP contribution is -2.31. The number of carbonyl (C=O) groups excluding carboxylic acids is 1. The van der Waals surface area contributed by atoms with Gasteiger partial charge in [0.25, 0.3) is 5.91 Å². The van der Waals surface area contributed by atoms with Crippen molar-refractivity contribution in [2.45, 2.75) is 6.92 Å². The fraction of sp³-hybridized carbons (Fsp3) is 0.200. The number of hydrogen-bond donors (Lipinski definition) is 0. The van der Waals surface area contributed by atoms with Crippen LogP contribution in [0.3, 0.4) is 0 Å². The van der Waals surface area contributed by atoms with Gasteiger partial charge in [0.1, 0.15) is 0 Å². The summed E-state index contributed by atoms with van der Waals surface area (Å²) in [4.78, 5) is 13.6. The van der Waals surface area contributed by atoms with Crippen molar-refractivity contribution < 1.29 is 4.79 Å². The molecular formula is C10H10INO. The van der Waals surface area contributed by atoms with Crippen molar-refractivity contribution in [3.8, 4) is 0 Å². The molecule has 0 saturated carbocycles. The Balaban J connectivity index is 2.48. The lowest BCUT2D eigenvalue weighted by molar-refractivity contribution is 0.0858. The normalized spacial score (nSPS) is 15.2. The van der Waals surface area contributed by atoms with Gasteiger partial charge < -0.3 is 4.90 Å². The van der Waals surface area contributed by atoms with Crippen LogP contribution in [0.1, 0.15) is 17.3 Å². The van der Waals surface area contributed by atoms with Crippen molar-refractivity contribution in [1.29, 1.82) is 0 Å². The minimum Gasteiger partial charge on any atom is -0.310 e. The second-order valence-corrected chi connectivity index (χ2v) is 5.12. The van der Waals surface area contributed by atoms with E-state index in [1.807, 2.05) is 30.0 Å². The molecule has 1 aromatic carbocycles. The summed E-state index contributed by atoms with van der Waals surface area (Å²) in [5.41, 5.74) is 0.902. The van der Waals surface area contributed by atoms with E-state index in [1.54, 1.807) is 0 Å². The Bertz CT molecular complexity index is 373. The zero-order valence-corrected chi connectivity index (χ0v) is 9.48. The van der Waals surface area contributed by atoms with Crippen molar-refractivity contribution >= 4 is 30.8 Å². The summed E-state index contributed by atoms with van der Waals surface area (Å²) in [6.45, 7) is 2.79. The molecule has 1 aromatic rings. The van der Waals surface area contributed by atoms with E-state index in [1.165, 1.54) is 3.57 Å².